The maximum atomic E-state index is 12.8. The predicted molar refractivity (Wildman–Crippen MR) is 90.5 cm³/mol. The summed E-state index contributed by atoms with van der Waals surface area (Å²) in [4.78, 5) is 3.91. The van der Waals surface area contributed by atoms with Crippen molar-refractivity contribution in [3.05, 3.63) is 69.5 Å². The highest BCUT2D eigenvalue weighted by atomic mass is 35.5. The molecule has 1 N–H and O–H groups in total. The fraction of sp³-hybridized carbons (Fsp3) is 0.188. The van der Waals surface area contributed by atoms with Crippen LogP contribution in [0.3, 0.4) is 0 Å². The van der Waals surface area contributed by atoms with Gasteiger partial charge in [-0.15, -0.1) is 0 Å². The molecule has 0 saturated carbocycles. The Morgan fingerprint density at radius 3 is 2.52 bits per heavy atom. The molecule has 4 nitrogen and oxygen atoms in total. The van der Waals surface area contributed by atoms with E-state index in [-0.39, 0.29) is 5.02 Å². The molecule has 0 bridgehead atoms. The Morgan fingerprint density at radius 2 is 1.92 bits per heavy atom. The minimum absolute atomic E-state index is 0.0733. The molecule has 0 spiro atoms. The Hall–Kier alpha value is -2.19. The first kappa shape index (κ1) is 17.6. The summed E-state index contributed by atoms with van der Waals surface area (Å²) in [5.41, 5.74) is 0.183. The van der Waals surface area contributed by atoms with E-state index in [0.29, 0.717) is 16.3 Å². The number of benzene rings is 1. The molecule has 0 unspecified atom stereocenters. The topological polar surface area (TPSA) is 46.5 Å². The normalized spacial score (nSPS) is 13.0. The van der Waals surface area contributed by atoms with E-state index in [2.05, 4.69) is 15.2 Å². The molecule has 0 aliphatic rings. The lowest BCUT2D eigenvalue weighted by Gasteiger charge is -2.15. The van der Waals surface area contributed by atoms with E-state index in [1.54, 1.807) is 11.5 Å². The number of pyridine rings is 1. The van der Waals surface area contributed by atoms with Crippen molar-refractivity contribution in [3.63, 3.8) is 0 Å². The lowest BCUT2D eigenvalue weighted by Crippen LogP contribution is -2.11. The first-order valence-electron chi connectivity index (χ1n) is 7.24. The zero-order valence-electron chi connectivity index (χ0n) is 12.9. The second kappa shape index (κ2) is 6.61. The minimum Gasteiger partial charge on any atom is -0.272 e. The third-order valence-corrected chi connectivity index (χ3v) is 4.28. The van der Waals surface area contributed by atoms with E-state index in [1.807, 2.05) is 30.3 Å². The Morgan fingerprint density at radius 1 is 1.24 bits per heavy atom. The Kier molecular flexibility index (Phi) is 4.66. The lowest BCUT2D eigenvalue weighted by atomic mass is 10.1. The van der Waals surface area contributed by atoms with E-state index < -0.39 is 17.7 Å². The van der Waals surface area contributed by atoms with Crippen molar-refractivity contribution in [2.45, 2.75) is 19.0 Å². The van der Waals surface area contributed by atoms with Crippen LogP contribution in [0.4, 0.5) is 13.2 Å². The molecule has 0 aliphatic heterocycles. The fourth-order valence-electron chi connectivity index (χ4n) is 2.47. The largest absolute Gasteiger partial charge is 0.417 e. The van der Waals surface area contributed by atoms with E-state index in [4.69, 9.17) is 23.8 Å². The second-order valence-corrected chi connectivity index (χ2v) is 6.16. The maximum Gasteiger partial charge on any atom is 0.417 e. The van der Waals surface area contributed by atoms with Crippen molar-refractivity contribution in [1.82, 2.24) is 19.7 Å². The molecule has 9 heteroatoms. The lowest BCUT2D eigenvalue weighted by molar-refractivity contribution is -0.137. The molecular weight excluding hydrogens is 373 g/mol. The van der Waals surface area contributed by atoms with Gasteiger partial charge in [0, 0.05) is 11.9 Å². The molecule has 3 rings (SSSR count). The first-order valence-corrected chi connectivity index (χ1v) is 8.03. The summed E-state index contributed by atoms with van der Waals surface area (Å²) >= 11 is 11.3. The van der Waals surface area contributed by atoms with Gasteiger partial charge in [0.2, 0.25) is 0 Å². The van der Waals surface area contributed by atoms with Gasteiger partial charge in [-0.3, -0.25) is 14.6 Å². The number of nitrogens with one attached hydrogen (secondary N) is 1. The van der Waals surface area contributed by atoms with E-state index in [1.165, 1.54) is 0 Å². The van der Waals surface area contributed by atoms with Crippen LogP contribution >= 0.6 is 23.8 Å². The molecule has 0 fully saturated rings. The van der Waals surface area contributed by atoms with Crippen molar-refractivity contribution in [3.8, 4) is 5.69 Å². The van der Waals surface area contributed by atoms with E-state index >= 15 is 0 Å². The van der Waals surface area contributed by atoms with E-state index in [0.717, 1.165) is 18.0 Å². The number of para-hydroxylation sites is 1. The van der Waals surface area contributed by atoms with Crippen molar-refractivity contribution in [2.24, 2.45) is 0 Å². The van der Waals surface area contributed by atoms with Crippen LogP contribution in [-0.4, -0.2) is 19.7 Å². The highest BCUT2D eigenvalue weighted by Crippen LogP contribution is 2.34. The number of aromatic amines is 1. The molecule has 0 amide bonds. The molecule has 25 heavy (non-hydrogen) atoms. The summed E-state index contributed by atoms with van der Waals surface area (Å²) in [7, 11) is 0. The summed E-state index contributed by atoms with van der Waals surface area (Å²) in [6.45, 7) is 1.76. The van der Waals surface area contributed by atoms with Gasteiger partial charge < -0.3 is 0 Å². The number of halogens is 4. The Balaban J connectivity index is 2.06. The third kappa shape index (κ3) is 3.45. The minimum atomic E-state index is -4.50. The van der Waals surface area contributed by atoms with Gasteiger partial charge in [-0.25, -0.2) is 0 Å². The molecule has 3 aromatic rings. The molecule has 2 heterocycles. The summed E-state index contributed by atoms with van der Waals surface area (Å²) in [6.07, 6.45) is -3.73. The molecule has 2 aromatic heterocycles. The van der Waals surface area contributed by atoms with Crippen LogP contribution in [0.15, 0.2) is 42.6 Å². The van der Waals surface area contributed by atoms with Gasteiger partial charge in [0.05, 0.1) is 22.2 Å². The first-order chi connectivity index (χ1) is 11.8. The Labute approximate surface area is 151 Å². The second-order valence-electron chi connectivity index (χ2n) is 5.37. The zero-order valence-corrected chi connectivity index (χ0v) is 14.5. The SMILES string of the molecule is C[C@@H](c1ncc(C(F)(F)F)cc1Cl)c1n[nH]c(=S)n1-c1ccccc1. The standard InChI is InChI=1S/C16H12ClF3N4S/c1-9(13-12(17)7-10(8-21-13)16(18,19)20)14-22-23-15(25)24(14)11-5-3-2-4-6-11/h2-9H,1H3,(H,23,25)/t9-/m0/s1. The summed E-state index contributed by atoms with van der Waals surface area (Å²) in [5.74, 6) is 0.0355. The molecule has 1 atom stereocenters. The van der Waals surface area contributed by atoms with Crippen LogP contribution in [0.2, 0.25) is 5.02 Å². The quantitative estimate of drug-likeness (QED) is 0.635. The van der Waals surface area contributed by atoms with Gasteiger partial charge in [-0.2, -0.15) is 18.3 Å². The van der Waals surface area contributed by atoms with Crippen LogP contribution in [0, 0.1) is 4.77 Å². The maximum absolute atomic E-state index is 12.8. The molecule has 1 aromatic carbocycles. The molecule has 0 radical (unpaired) electrons. The van der Waals surface area contributed by atoms with Crippen molar-refractivity contribution in [2.75, 3.05) is 0 Å². The molecule has 0 saturated heterocycles. The van der Waals surface area contributed by atoms with Gasteiger partial charge in [0.25, 0.3) is 0 Å². The van der Waals surface area contributed by atoms with Gasteiger partial charge in [0.15, 0.2) is 4.77 Å². The smallest absolute Gasteiger partial charge is 0.272 e. The third-order valence-electron chi connectivity index (χ3n) is 3.71. The highest BCUT2D eigenvalue weighted by molar-refractivity contribution is 7.71. The van der Waals surface area contributed by atoms with Crippen LogP contribution < -0.4 is 0 Å². The van der Waals surface area contributed by atoms with Crippen LogP contribution in [0.25, 0.3) is 5.69 Å². The zero-order chi connectivity index (χ0) is 18.2. The molecule has 130 valence electrons. The number of alkyl halides is 3. The number of aromatic nitrogens is 4. The average molecular weight is 385 g/mol. The number of nitrogens with zero attached hydrogens (tertiary/aromatic N) is 3. The van der Waals surface area contributed by atoms with Crippen LogP contribution in [-0.2, 0) is 6.18 Å². The Bertz CT molecular complexity index is 950. The predicted octanol–water partition coefficient (Wildman–Crippen LogP) is 5.15. The number of hydrogen-bond acceptors (Lipinski definition) is 3. The van der Waals surface area contributed by atoms with Gasteiger partial charge >= 0.3 is 6.18 Å². The number of rotatable bonds is 3. The van der Waals surface area contributed by atoms with Crippen LogP contribution in [0.5, 0.6) is 0 Å². The summed E-state index contributed by atoms with van der Waals surface area (Å²) in [5, 5.41) is 6.84. The van der Waals surface area contributed by atoms with Crippen molar-refractivity contribution < 1.29 is 13.2 Å². The van der Waals surface area contributed by atoms with E-state index in [9.17, 15) is 13.2 Å². The average Bonchev–Trinajstić information content (AvgIpc) is 2.95. The number of H-pyrrole nitrogens is 1. The molecular formula is C16H12ClF3N4S. The van der Waals surface area contributed by atoms with Gasteiger partial charge in [-0.05, 0) is 37.3 Å². The molecule has 0 aliphatic carbocycles. The monoisotopic (exact) mass is 384 g/mol. The van der Waals surface area contributed by atoms with Crippen molar-refractivity contribution in [1.29, 1.82) is 0 Å². The van der Waals surface area contributed by atoms with Gasteiger partial charge in [-0.1, -0.05) is 29.8 Å². The number of hydrogen-bond donors (Lipinski definition) is 1. The van der Waals surface area contributed by atoms with Crippen LogP contribution in [0.1, 0.15) is 29.9 Å². The highest BCUT2D eigenvalue weighted by Gasteiger charge is 2.32. The summed E-state index contributed by atoms with van der Waals surface area (Å²) < 4.78 is 40.4. The fourth-order valence-corrected chi connectivity index (χ4v) is 3.05. The summed E-state index contributed by atoms with van der Waals surface area (Å²) in [6, 6.07) is 10.1. The van der Waals surface area contributed by atoms with Gasteiger partial charge in [0.1, 0.15) is 5.82 Å². The van der Waals surface area contributed by atoms with Crippen molar-refractivity contribution >= 4 is 23.8 Å².